The predicted octanol–water partition coefficient (Wildman–Crippen LogP) is 3.72. The minimum atomic E-state index is 0.0424. The Morgan fingerprint density at radius 3 is 2.83 bits per heavy atom. The van der Waals surface area contributed by atoms with Crippen molar-refractivity contribution in [2.75, 3.05) is 20.1 Å². The van der Waals surface area contributed by atoms with E-state index in [2.05, 4.69) is 27.9 Å². The lowest BCUT2D eigenvalue weighted by Gasteiger charge is -2.21. The van der Waals surface area contributed by atoms with Gasteiger partial charge in [0.15, 0.2) is 0 Å². The number of amides is 1. The van der Waals surface area contributed by atoms with Gasteiger partial charge < -0.3 is 15.0 Å². The van der Waals surface area contributed by atoms with E-state index in [1.54, 1.807) is 28.3 Å². The minimum absolute atomic E-state index is 0.0424. The molecule has 29 heavy (non-hydrogen) atoms. The van der Waals surface area contributed by atoms with E-state index < -0.39 is 0 Å². The molecular weight excluding hydrogens is 384 g/mol. The van der Waals surface area contributed by atoms with Crippen LogP contribution in [0, 0.1) is 0 Å². The zero-order chi connectivity index (χ0) is 20.1. The molecule has 1 atom stereocenters. The molecule has 1 amide bonds. The van der Waals surface area contributed by atoms with E-state index in [1.165, 1.54) is 4.88 Å². The molecular formula is C22H26N4O2S. The number of nitrogens with zero attached hydrogens (tertiary/aromatic N) is 3. The summed E-state index contributed by atoms with van der Waals surface area (Å²) in [5.74, 6) is 0.897. The number of fused-ring (bicyclic) bond motifs is 1. The molecule has 0 aliphatic carbocycles. The van der Waals surface area contributed by atoms with Gasteiger partial charge in [0, 0.05) is 37.1 Å². The Morgan fingerprint density at radius 2 is 2.07 bits per heavy atom. The molecule has 1 unspecified atom stereocenters. The summed E-state index contributed by atoms with van der Waals surface area (Å²) < 4.78 is 8.06. The van der Waals surface area contributed by atoms with Crippen molar-refractivity contribution < 1.29 is 9.53 Å². The normalized spacial score (nSPS) is 15.1. The Bertz CT molecular complexity index is 921. The number of ether oxygens (including phenoxy) is 1. The van der Waals surface area contributed by atoms with E-state index in [0.717, 1.165) is 43.8 Å². The molecule has 4 rings (SSSR count). The Morgan fingerprint density at radius 1 is 1.21 bits per heavy atom. The monoisotopic (exact) mass is 410 g/mol. The third-order valence-electron chi connectivity index (χ3n) is 5.11. The van der Waals surface area contributed by atoms with Gasteiger partial charge in [0.05, 0.1) is 0 Å². The fourth-order valence-electron chi connectivity index (χ4n) is 3.59. The SMILES string of the molecule is CNCCC(Oc1ccc(CN2CCCn3nccc3C2=O)cc1)c1cccs1. The van der Waals surface area contributed by atoms with Crippen molar-refractivity contribution in [3.8, 4) is 5.75 Å². The molecule has 0 saturated heterocycles. The number of thiophene rings is 1. The molecule has 0 radical (unpaired) electrons. The van der Waals surface area contributed by atoms with Gasteiger partial charge in [-0.3, -0.25) is 9.48 Å². The number of benzene rings is 1. The zero-order valence-corrected chi connectivity index (χ0v) is 17.4. The van der Waals surface area contributed by atoms with Gasteiger partial charge >= 0.3 is 0 Å². The largest absolute Gasteiger partial charge is 0.485 e. The summed E-state index contributed by atoms with van der Waals surface area (Å²) >= 11 is 1.72. The Kier molecular flexibility index (Phi) is 6.27. The second-order valence-corrected chi connectivity index (χ2v) is 8.16. The van der Waals surface area contributed by atoms with Gasteiger partial charge in [-0.05, 0) is 55.2 Å². The summed E-state index contributed by atoms with van der Waals surface area (Å²) in [6.45, 7) is 3.02. The molecule has 1 aromatic carbocycles. The second kappa shape index (κ2) is 9.24. The molecule has 1 aliphatic rings. The van der Waals surface area contributed by atoms with Crippen LogP contribution in [-0.4, -0.2) is 40.7 Å². The highest BCUT2D eigenvalue weighted by atomic mass is 32.1. The lowest BCUT2D eigenvalue weighted by atomic mass is 10.1. The van der Waals surface area contributed by atoms with Crippen molar-refractivity contribution in [3.05, 3.63) is 70.2 Å². The number of aromatic nitrogens is 2. The maximum absolute atomic E-state index is 12.8. The summed E-state index contributed by atoms with van der Waals surface area (Å²) in [6, 6.07) is 14.1. The van der Waals surface area contributed by atoms with Crippen LogP contribution in [0.4, 0.5) is 0 Å². The van der Waals surface area contributed by atoms with Crippen molar-refractivity contribution in [2.45, 2.75) is 32.0 Å². The Balaban J connectivity index is 1.42. The lowest BCUT2D eigenvalue weighted by molar-refractivity contribution is 0.0745. The van der Waals surface area contributed by atoms with Crippen LogP contribution in [0.5, 0.6) is 5.75 Å². The molecule has 152 valence electrons. The highest BCUT2D eigenvalue weighted by Crippen LogP contribution is 2.28. The lowest BCUT2D eigenvalue weighted by Crippen LogP contribution is -2.30. The van der Waals surface area contributed by atoms with Crippen molar-refractivity contribution in [1.82, 2.24) is 20.0 Å². The van der Waals surface area contributed by atoms with Crippen LogP contribution in [0.1, 0.15) is 39.9 Å². The quantitative estimate of drug-likeness (QED) is 0.615. The van der Waals surface area contributed by atoms with Crippen LogP contribution >= 0.6 is 11.3 Å². The zero-order valence-electron chi connectivity index (χ0n) is 16.6. The summed E-state index contributed by atoms with van der Waals surface area (Å²) in [5.41, 5.74) is 1.77. The molecule has 1 aliphatic heterocycles. The van der Waals surface area contributed by atoms with Crippen molar-refractivity contribution in [3.63, 3.8) is 0 Å². The van der Waals surface area contributed by atoms with Gasteiger partial charge in [0.2, 0.25) is 0 Å². The van der Waals surface area contributed by atoms with Crippen LogP contribution in [0.15, 0.2) is 54.0 Å². The molecule has 0 fully saturated rings. The summed E-state index contributed by atoms with van der Waals surface area (Å²) in [4.78, 5) is 15.9. The average molecular weight is 411 g/mol. The summed E-state index contributed by atoms with van der Waals surface area (Å²) in [5, 5.41) is 9.52. The Labute approximate surface area is 175 Å². The molecule has 0 saturated carbocycles. The van der Waals surface area contributed by atoms with Crippen LogP contribution in [0.25, 0.3) is 0 Å². The van der Waals surface area contributed by atoms with Crippen molar-refractivity contribution in [1.29, 1.82) is 0 Å². The minimum Gasteiger partial charge on any atom is -0.485 e. The maximum Gasteiger partial charge on any atom is 0.272 e. The first-order chi connectivity index (χ1) is 14.2. The smallest absolute Gasteiger partial charge is 0.272 e. The van der Waals surface area contributed by atoms with Crippen LogP contribution in [0.3, 0.4) is 0 Å². The molecule has 0 bridgehead atoms. The molecule has 3 heterocycles. The summed E-state index contributed by atoms with van der Waals surface area (Å²) in [6.07, 6.45) is 3.56. The highest BCUT2D eigenvalue weighted by Gasteiger charge is 2.23. The number of nitrogens with one attached hydrogen (secondary N) is 1. The van der Waals surface area contributed by atoms with E-state index >= 15 is 0 Å². The Hall–Kier alpha value is -2.64. The van der Waals surface area contributed by atoms with Gasteiger partial charge in [0.25, 0.3) is 5.91 Å². The second-order valence-electron chi connectivity index (χ2n) is 7.18. The van der Waals surface area contributed by atoms with Crippen LogP contribution < -0.4 is 10.1 Å². The first kappa shape index (κ1) is 19.7. The molecule has 6 nitrogen and oxygen atoms in total. The van der Waals surface area contributed by atoms with E-state index in [9.17, 15) is 4.79 Å². The molecule has 0 spiro atoms. The van der Waals surface area contributed by atoms with Gasteiger partial charge in [-0.1, -0.05) is 18.2 Å². The topological polar surface area (TPSA) is 59.4 Å². The van der Waals surface area contributed by atoms with E-state index in [4.69, 9.17) is 4.74 Å². The fourth-order valence-corrected chi connectivity index (χ4v) is 4.37. The van der Waals surface area contributed by atoms with Crippen molar-refractivity contribution >= 4 is 17.2 Å². The maximum atomic E-state index is 12.8. The molecule has 3 aromatic rings. The predicted molar refractivity (Wildman–Crippen MR) is 114 cm³/mol. The van der Waals surface area contributed by atoms with E-state index in [1.807, 2.05) is 36.2 Å². The number of hydrogen-bond acceptors (Lipinski definition) is 5. The number of rotatable bonds is 8. The van der Waals surface area contributed by atoms with E-state index in [0.29, 0.717) is 12.2 Å². The number of carbonyl (C=O) groups excluding carboxylic acids is 1. The van der Waals surface area contributed by atoms with Crippen LogP contribution in [-0.2, 0) is 13.1 Å². The van der Waals surface area contributed by atoms with Gasteiger partial charge in [-0.2, -0.15) is 5.10 Å². The third kappa shape index (κ3) is 4.68. The first-order valence-corrected chi connectivity index (χ1v) is 10.9. The fraction of sp³-hybridized carbons (Fsp3) is 0.364. The molecule has 2 aromatic heterocycles. The number of hydrogen-bond donors (Lipinski definition) is 1. The van der Waals surface area contributed by atoms with Gasteiger partial charge in [-0.25, -0.2) is 0 Å². The van der Waals surface area contributed by atoms with Crippen LogP contribution in [0.2, 0.25) is 0 Å². The van der Waals surface area contributed by atoms with Crippen molar-refractivity contribution in [2.24, 2.45) is 0 Å². The van der Waals surface area contributed by atoms with Gasteiger partial charge in [0.1, 0.15) is 17.5 Å². The number of carbonyl (C=O) groups is 1. The number of aryl methyl sites for hydroxylation is 1. The molecule has 1 N–H and O–H groups in total. The standard InChI is InChI=1S/C22H26N4O2S/c1-23-11-10-20(21-4-2-15-29-21)28-18-7-5-17(6-8-18)16-25-13-3-14-26-19(22(25)27)9-12-24-26/h2,4-9,12,15,20,23H,3,10-11,13-14,16H2,1H3. The first-order valence-electron chi connectivity index (χ1n) is 9.99. The van der Waals surface area contributed by atoms with E-state index in [-0.39, 0.29) is 12.0 Å². The average Bonchev–Trinajstić information content (AvgIpc) is 3.41. The molecule has 7 heteroatoms. The third-order valence-corrected chi connectivity index (χ3v) is 6.08. The summed E-state index contributed by atoms with van der Waals surface area (Å²) in [7, 11) is 1.96. The highest BCUT2D eigenvalue weighted by molar-refractivity contribution is 7.10. The van der Waals surface area contributed by atoms with Gasteiger partial charge in [-0.15, -0.1) is 11.3 Å².